The monoisotopic (exact) mass is 213 g/mol. The van der Waals surface area contributed by atoms with Gasteiger partial charge in [-0.15, -0.1) is 0 Å². The Balaban J connectivity index is 2.35. The Labute approximate surface area is 93.3 Å². The van der Waals surface area contributed by atoms with Crippen LogP contribution in [0.15, 0.2) is 0 Å². The molecule has 1 aliphatic heterocycles. The third-order valence-electron chi connectivity index (χ3n) is 3.14. The lowest BCUT2D eigenvalue weighted by Crippen LogP contribution is -2.41. The highest BCUT2D eigenvalue weighted by molar-refractivity contribution is 6.48. The van der Waals surface area contributed by atoms with E-state index in [4.69, 9.17) is 3.79 Å². The molecule has 1 heterocycles. The molecule has 82 valence electrons. The standard InChI is InChI=1S/C9H18NO.2CH3.Al/c1-3-10-6-4-5-9(7-10)8(2)11;;;/h8-9H,3-7H2,1-2H3;2*1H3;/q-1;;;+1. The van der Waals surface area contributed by atoms with Crippen LogP contribution in [0.25, 0.3) is 0 Å². The van der Waals surface area contributed by atoms with Gasteiger partial charge in [0.15, 0.2) is 0 Å². The van der Waals surface area contributed by atoms with E-state index < -0.39 is 14.5 Å². The van der Waals surface area contributed by atoms with Gasteiger partial charge in [-0.1, -0.05) is 18.5 Å². The summed E-state index contributed by atoms with van der Waals surface area (Å²) in [7, 11) is 0. The molecule has 1 fully saturated rings. The molecule has 0 saturated carbocycles. The smallest absolute Gasteiger partial charge is 0.454 e. The molecule has 0 spiro atoms. The van der Waals surface area contributed by atoms with E-state index in [1.165, 1.54) is 32.5 Å². The molecule has 1 aliphatic rings. The van der Waals surface area contributed by atoms with Crippen molar-refractivity contribution in [2.45, 2.75) is 44.4 Å². The molecule has 2 unspecified atom stereocenters. The second kappa shape index (κ2) is 6.13. The highest BCUT2D eigenvalue weighted by Gasteiger charge is 2.25. The van der Waals surface area contributed by atoms with Crippen molar-refractivity contribution in [2.24, 2.45) is 5.92 Å². The SMILES string of the molecule is CCN1CCCC(C(C)[O][Al]([CH3])[CH3])C1. The number of likely N-dealkylation sites (tertiary alicyclic amines) is 1. The van der Waals surface area contributed by atoms with Gasteiger partial charge < -0.3 is 8.69 Å². The molecule has 1 rings (SSSR count). The van der Waals surface area contributed by atoms with E-state index in [2.05, 4.69) is 30.3 Å². The Morgan fingerprint density at radius 2 is 2.21 bits per heavy atom. The molecule has 14 heavy (non-hydrogen) atoms. The predicted molar refractivity (Wildman–Crippen MR) is 62.9 cm³/mol. The lowest BCUT2D eigenvalue weighted by Gasteiger charge is -2.36. The number of hydrogen-bond donors (Lipinski definition) is 0. The zero-order valence-corrected chi connectivity index (χ0v) is 11.3. The van der Waals surface area contributed by atoms with Gasteiger partial charge >= 0.3 is 14.5 Å². The van der Waals surface area contributed by atoms with Gasteiger partial charge in [0.1, 0.15) is 0 Å². The van der Waals surface area contributed by atoms with Crippen LogP contribution in [0.2, 0.25) is 11.6 Å². The van der Waals surface area contributed by atoms with Gasteiger partial charge in [-0.25, -0.2) is 0 Å². The number of hydrogen-bond acceptors (Lipinski definition) is 2. The van der Waals surface area contributed by atoms with E-state index in [1.54, 1.807) is 0 Å². The van der Waals surface area contributed by atoms with E-state index in [1.807, 2.05) is 0 Å². The topological polar surface area (TPSA) is 12.5 Å². The third kappa shape index (κ3) is 3.90. The molecule has 0 amide bonds. The van der Waals surface area contributed by atoms with Crippen molar-refractivity contribution in [1.29, 1.82) is 0 Å². The minimum absolute atomic E-state index is 0.482. The highest BCUT2D eigenvalue weighted by Crippen LogP contribution is 2.21. The molecule has 2 nitrogen and oxygen atoms in total. The molecule has 0 aromatic heterocycles. The third-order valence-corrected chi connectivity index (χ3v) is 4.11. The molecule has 0 aromatic carbocycles. The number of piperidine rings is 1. The maximum absolute atomic E-state index is 5.99. The Bertz CT molecular complexity index is 163. The Kier molecular flexibility index (Phi) is 5.48. The van der Waals surface area contributed by atoms with Crippen molar-refractivity contribution in [1.82, 2.24) is 4.90 Å². The predicted octanol–water partition coefficient (Wildman–Crippen LogP) is 2.37. The molecule has 0 radical (unpaired) electrons. The van der Waals surface area contributed by atoms with Crippen LogP contribution in [0.1, 0.15) is 26.7 Å². The van der Waals surface area contributed by atoms with Crippen LogP contribution >= 0.6 is 0 Å². The molecular weight excluding hydrogens is 189 g/mol. The number of rotatable bonds is 4. The molecule has 0 bridgehead atoms. The second-order valence-electron chi connectivity index (χ2n) is 4.69. The zero-order valence-electron chi connectivity index (χ0n) is 10.1. The van der Waals surface area contributed by atoms with Crippen molar-refractivity contribution >= 4 is 14.5 Å². The van der Waals surface area contributed by atoms with Crippen molar-refractivity contribution in [2.75, 3.05) is 19.6 Å². The summed E-state index contributed by atoms with van der Waals surface area (Å²) in [6, 6.07) is 0. The first-order valence-electron chi connectivity index (χ1n) is 6.01. The maximum atomic E-state index is 5.99. The summed E-state index contributed by atoms with van der Waals surface area (Å²) >= 11 is -0.847. The summed E-state index contributed by atoms with van der Waals surface area (Å²) in [5.74, 6) is 5.30. The molecular formula is C11H24AlNO. The van der Waals surface area contributed by atoms with Crippen LogP contribution in [-0.2, 0) is 3.79 Å². The van der Waals surface area contributed by atoms with E-state index in [9.17, 15) is 0 Å². The maximum Gasteiger partial charge on any atom is 0.454 e. The molecule has 0 aromatic rings. The molecule has 1 saturated heterocycles. The zero-order chi connectivity index (χ0) is 10.6. The van der Waals surface area contributed by atoms with Crippen molar-refractivity contribution < 1.29 is 3.79 Å². The fraction of sp³-hybridized carbons (Fsp3) is 1.00. The summed E-state index contributed by atoms with van der Waals surface area (Å²) in [5.41, 5.74) is 0. The first kappa shape index (κ1) is 12.5. The van der Waals surface area contributed by atoms with Gasteiger partial charge in [-0.3, -0.25) is 0 Å². The Hall–Kier alpha value is 0.452. The molecule has 0 aliphatic carbocycles. The Morgan fingerprint density at radius 1 is 1.50 bits per heavy atom. The average Bonchev–Trinajstić information content (AvgIpc) is 2.17. The van der Waals surface area contributed by atoms with Gasteiger partial charge in [0.05, 0.1) is 0 Å². The van der Waals surface area contributed by atoms with E-state index in [0.717, 1.165) is 5.92 Å². The van der Waals surface area contributed by atoms with E-state index >= 15 is 0 Å². The fourth-order valence-corrected chi connectivity index (χ4v) is 3.38. The Morgan fingerprint density at radius 3 is 2.79 bits per heavy atom. The highest BCUT2D eigenvalue weighted by atomic mass is 27.2. The van der Waals surface area contributed by atoms with Crippen LogP contribution in [0, 0.1) is 5.92 Å². The first-order chi connectivity index (χ1) is 6.63. The first-order valence-corrected chi connectivity index (χ1v) is 8.79. The minimum Gasteiger partial charge on any atom is -0.498 e. The van der Waals surface area contributed by atoms with Crippen LogP contribution in [0.3, 0.4) is 0 Å². The summed E-state index contributed by atoms with van der Waals surface area (Å²) in [5, 5.41) is 0. The summed E-state index contributed by atoms with van der Waals surface area (Å²) < 4.78 is 5.99. The van der Waals surface area contributed by atoms with Crippen LogP contribution in [-0.4, -0.2) is 45.1 Å². The summed E-state index contributed by atoms with van der Waals surface area (Å²) in [4.78, 5) is 2.55. The van der Waals surface area contributed by atoms with Crippen molar-refractivity contribution in [3.63, 3.8) is 0 Å². The average molecular weight is 213 g/mol. The summed E-state index contributed by atoms with van der Waals surface area (Å²) in [6.45, 7) is 8.25. The molecule has 0 N–H and O–H groups in total. The minimum atomic E-state index is -0.847. The van der Waals surface area contributed by atoms with E-state index in [0.29, 0.717) is 6.10 Å². The normalized spacial score (nSPS) is 26.1. The van der Waals surface area contributed by atoms with Crippen molar-refractivity contribution in [3.05, 3.63) is 0 Å². The lowest BCUT2D eigenvalue weighted by molar-refractivity contribution is 0.0808. The fourth-order valence-electron chi connectivity index (χ4n) is 2.30. The van der Waals surface area contributed by atoms with Crippen LogP contribution in [0.5, 0.6) is 0 Å². The van der Waals surface area contributed by atoms with Gasteiger partial charge in [-0.05, 0) is 38.8 Å². The molecule has 3 heteroatoms. The van der Waals surface area contributed by atoms with E-state index in [-0.39, 0.29) is 0 Å². The van der Waals surface area contributed by atoms with Crippen molar-refractivity contribution in [3.8, 4) is 0 Å². The van der Waals surface area contributed by atoms with Gasteiger partial charge in [0.2, 0.25) is 0 Å². The molecule has 2 atom stereocenters. The van der Waals surface area contributed by atoms with Crippen LogP contribution in [0.4, 0.5) is 0 Å². The quantitative estimate of drug-likeness (QED) is 0.665. The van der Waals surface area contributed by atoms with Gasteiger partial charge in [-0.2, -0.15) is 0 Å². The van der Waals surface area contributed by atoms with Gasteiger partial charge in [0, 0.05) is 12.6 Å². The van der Waals surface area contributed by atoms with Crippen LogP contribution < -0.4 is 0 Å². The largest absolute Gasteiger partial charge is 0.498 e. The summed E-state index contributed by atoms with van der Waals surface area (Å²) in [6.07, 6.45) is 3.20. The second-order valence-corrected chi connectivity index (χ2v) is 7.06. The number of nitrogens with zero attached hydrogens (tertiary/aromatic N) is 1. The lowest BCUT2D eigenvalue weighted by atomic mass is 9.93. The van der Waals surface area contributed by atoms with Gasteiger partial charge in [0.25, 0.3) is 0 Å².